The van der Waals surface area contributed by atoms with Crippen molar-refractivity contribution in [2.24, 2.45) is 0 Å². The molecule has 4 rings (SSSR count). The molecule has 0 saturated carbocycles. The van der Waals surface area contributed by atoms with Crippen LogP contribution in [0.5, 0.6) is 0 Å². The van der Waals surface area contributed by atoms with Gasteiger partial charge in [-0.05, 0) is 74.5 Å². The molecule has 0 saturated heterocycles. The molecule has 0 unspecified atom stereocenters. The van der Waals surface area contributed by atoms with Gasteiger partial charge < -0.3 is 18.6 Å². The maximum Gasteiger partial charge on any atom is 0.251 e. The number of amides is 2. The van der Waals surface area contributed by atoms with Gasteiger partial charge in [0.1, 0.15) is 23.0 Å². The number of carbonyl (C=O) groups excluding carboxylic acids is 2. The van der Waals surface area contributed by atoms with Gasteiger partial charge in [0, 0.05) is 36.6 Å². The summed E-state index contributed by atoms with van der Waals surface area (Å²) in [4.78, 5) is 29.7. The van der Waals surface area contributed by atoms with Gasteiger partial charge in [-0.3, -0.25) is 9.59 Å². The molecule has 2 aromatic heterocycles. The lowest BCUT2D eigenvalue weighted by atomic mass is 10.2. The normalized spacial score (nSPS) is 11.3. The number of carbonyl (C=O) groups is 2. The third-order valence-corrected chi connectivity index (χ3v) is 5.52. The summed E-state index contributed by atoms with van der Waals surface area (Å²) in [5, 5.41) is 0. The Morgan fingerprint density at radius 1 is 0.611 bits per heavy atom. The summed E-state index contributed by atoms with van der Waals surface area (Å²) in [5.74, 6) is 2.34. The number of benzene rings is 2. The number of hydrogen-bond acceptors (Lipinski definition) is 4. The molecule has 6 nitrogen and oxygen atoms in total. The summed E-state index contributed by atoms with van der Waals surface area (Å²) < 4.78 is 11.1. The van der Waals surface area contributed by atoms with Crippen LogP contribution in [0.1, 0.15) is 23.0 Å². The third-order valence-electron chi connectivity index (χ3n) is 5.52. The predicted octanol–water partition coefficient (Wildman–Crippen LogP) is 6.28. The molecule has 0 aliphatic heterocycles. The Hall–Kier alpha value is -4.58. The molecule has 0 aliphatic rings. The van der Waals surface area contributed by atoms with Crippen LogP contribution in [0.15, 0.2) is 106 Å². The van der Waals surface area contributed by atoms with Crippen molar-refractivity contribution in [3.05, 3.63) is 120 Å². The zero-order valence-corrected chi connectivity index (χ0v) is 20.3. The molecule has 182 valence electrons. The lowest BCUT2D eigenvalue weighted by Gasteiger charge is -2.27. The maximum absolute atomic E-state index is 13.2. The highest BCUT2D eigenvalue weighted by Gasteiger charge is 2.19. The van der Waals surface area contributed by atoms with Crippen LogP contribution >= 0.6 is 0 Å². The van der Waals surface area contributed by atoms with Crippen LogP contribution in [-0.4, -0.2) is 24.9 Å². The van der Waals surface area contributed by atoms with E-state index in [0.29, 0.717) is 24.6 Å². The van der Waals surface area contributed by atoms with E-state index in [1.807, 2.05) is 98.8 Å². The van der Waals surface area contributed by atoms with E-state index in [0.717, 1.165) is 22.9 Å². The summed E-state index contributed by atoms with van der Waals surface area (Å²) in [5.41, 5.74) is 1.48. The Balaban J connectivity index is 1.55. The summed E-state index contributed by atoms with van der Waals surface area (Å²) in [6.07, 6.45) is 6.27. The van der Waals surface area contributed by atoms with Crippen molar-refractivity contribution in [2.75, 3.05) is 22.9 Å². The number of nitrogens with zero attached hydrogens (tertiary/aromatic N) is 2. The Morgan fingerprint density at radius 2 is 1.00 bits per heavy atom. The molecule has 0 bridgehead atoms. The summed E-state index contributed by atoms with van der Waals surface area (Å²) in [7, 11) is 0. The van der Waals surface area contributed by atoms with Gasteiger partial charge >= 0.3 is 0 Å². The van der Waals surface area contributed by atoms with Crippen molar-refractivity contribution < 1.29 is 18.4 Å². The van der Waals surface area contributed by atoms with Crippen molar-refractivity contribution in [2.45, 2.75) is 13.8 Å². The van der Waals surface area contributed by atoms with Gasteiger partial charge in [-0.1, -0.05) is 36.4 Å². The molecule has 0 fully saturated rings. The van der Waals surface area contributed by atoms with Gasteiger partial charge in [-0.2, -0.15) is 0 Å². The molecule has 4 aromatic rings. The highest BCUT2D eigenvalue weighted by molar-refractivity contribution is 6.05. The molecule has 0 atom stereocenters. The molecular formula is C30H28N2O4. The summed E-state index contributed by atoms with van der Waals surface area (Å²) in [6.45, 7) is 4.29. The Labute approximate surface area is 210 Å². The van der Waals surface area contributed by atoms with Gasteiger partial charge in [-0.15, -0.1) is 0 Å². The zero-order valence-electron chi connectivity index (χ0n) is 20.3. The van der Waals surface area contributed by atoms with Crippen molar-refractivity contribution >= 4 is 35.3 Å². The molecular weight excluding hydrogens is 452 g/mol. The van der Waals surface area contributed by atoms with E-state index in [4.69, 9.17) is 8.83 Å². The van der Waals surface area contributed by atoms with Crippen LogP contribution in [0.3, 0.4) is 0 Å². The Morgan fingerprint density at radius 3 is 1.33 bits per heavy atom. The van der Waals surface area contributed by atoms with Crippen molar-refractivity contribution in [3.63, 3.8) is 0 Å². The standard InChI is InChI=1S/C30H28N2O4/c1-23-13-15-27(35-23)17-19-29(33)31(25-9-5-3-6-10-25)21-22-32(26-11-7-4-8-12-26)30(34)20-18-28-16-14-24(2)36-28/h3-20H,21-22H2,1-2H3. The number of aryl methyl sites for hydroxylation is 2. The van der Waals surface area contributed by atoms with Gasteiger partial charge in [0.2, 0.25) is 0 Å². The second kappa shape index (κ2) is 11.7. The van der Waals surface area contributed by atoms with Crippen LogP contribution < -0.4 is 9.80 Å². The molecule has 0 aliphatic carbocycles. The minimum Gasteiger partial charge on any atom is -0.462 e. The first-order chi connectivity index (χ1) is 17.5. The van der Waals surface area contributed by atoms with Crippen molar-refractivity contribution in [1.82, 2.24) is 0 Å². The second-order valence-corrected chi connectivity index (χ2v) is 8.21. The van der Waals surface area contributed by atoms with E-state index in [9.17, 15) is 9.59 Å². The lowest BCUT2D eigenvalue weighted by Crippen LogP contribution is -2.40. The van der Waals surface area contributed by atoms with E-state index < -0.39 is 0 Å². The zero-order chi connectivity index (χ0) is 25.3. The van der Waals surface area contributed by atoms with E-state index >= 15 is 0 Å². The topological polar surface area (TPSA) is 66.9 Å². The number of para-hydroxylation sites is 2. The fraction of sp³-hybridized carbons (Fsp3) is 0.133. The number of anilines is 2. The molecule has 2 amide bonds. The van der Waals surface area contributed by atoms with E-state index in [-0.39, 0.29) is 11.8 Å². The highest BCUT2D eigenvalue weighted by atomic mass is 16.3. The first-order valence-electron chi connectivity index (χ1n) is 11.7. The first-order valence-corrected chi connectivity index (χ1v) is 11.7. The quantitative estimate of drug-likeness (QED) is 0.264. The van der Waals surface area contributed by atoms with Crippen molar-refractivity contribution in [1.29, 1.82) is 0 Å². The average molecular weight is 481 g/mol. The third kappa shape index (κ3) is 6.51. The molecule has 0 spiro atoms. The second-order valence-electron chi connectivity index (χ2n) is 8.21. The molecule has 0 N–H and O–H groups in total. The first kappa shape index (κ1) is 24.5. The minimum absolute atomic E-state index is 0.211. The highest BCUT2D eigenvalue weighted by Crippen LogP contribution is 2.19. The molecule has 6 heteroatoms. The molecule has 36 heavy (non-hydrogen) atoms. The van der Waals surface area contributed by atoms with E-state index in [1.165, 1.54) is 12.2 Å². The van der Waals surface area contributed by atoms with Gasteiger partial charge in [0.25, 0.3) is 11.8 Å². The molecule has 0 radical (unpaired) electrons. The Bertz CT molecular complexity index is 1240. The smallest absolute Gasteiger partial charge is 0.251 e. The largest absolute Gasteiger partial charge is 0.462 e. The van der Waals surface area contributed by atoms with E-state index in [2.05, 4.69) is 0 Å². The van der Waals surface area contributed by atoms with E-state index in [1.54, 1.807) is 22.0 Å². The number of hydrogen-bond donors (Lipinski definition) is 0. The summed E-state index contributed by atoms with van der Waals surface area (Å²) in [6, 6.07) is 26.1. The van der Waals surface area contributed by atoms with Gasteiger partial charge in [0.05, 0.1) is 0 Å². The minimum atomic E-state index is -0.211. The monoisotopic (exact) mass is 480 g/mol. The number of furan rings is 2. The fourth-order valence-corrected chi connectivity index (χ4v) is 3.72. The molecule has 2 heterocycles. The number of rotatable bonds is 9. The van der Waals surface area contributed by atoms with Crippen LogP contribution in [0.25, 0.3) is 12.2 Å². The van der Waals surface area contributed by atoms with Gasteiger partial charge in [-0.25, -0.2) is 0 Å². The SMILES string of the molecule is Cc1ccc(C=CC(=O)N(CCN(C(=O)C=Cc2ccc(C)o2)c2ccccc2)c2ccccc2)o1. The predicted molar refractivity (Wildman–Crippen MR) is 143 cm³/mol. The van der Waals surface area contributed by atoms with Gasteiger partial charge in [0.15, 0.2) is 0 Å². The van der Waals surface area contributed by atoms with Crippen molar-refractivity contribution in [3.8, 4) is 0 Å². The van der Waals surface area contributed by atoms with Crippen LogP contribution in [0, 0.1) is 13.8 Å². The lowest BCUT2D eigenvalue weighted by molar-refractivity contribution is -0.115. The fourth-order valence-electron chi connectivity index (χ4n) is 3.72. The average Bonchev–Trinajstić information content (AvgIpc) is 3.52. The maximum atomic E-state index is 13.2. The Kier molecular flexibility index (Phi) is 7.98. The molecule has 2 aromatic carbocycles. The van der Waals surface area contributed by atoms with Crippen LogP contribution in [0.2, 0.25) is 0 Å². The van der Waals surface area contributed by atoms with Crippen LogP contribution in [0.4, 0.5) is 11.4 Å². The summed E-state index contributed by atoms with van der Waals surface area (Å²) >= 11 is 0. The van der Waals surface area contributed by atoms with Crippen LogP contribution in [-0.2, 0) is 9.59 Å².